The Kier molecular flexibility index (Phi) is 10.4. The summed E-state index contributed by atoms with van der Waals surface area (Å²) in [7, 11) is 0. The van der Waals surface area contributed by atoms with E-state index in [1.54, 1.807) is 36.4 Å². The number of hydrogen-bond acceptors (Lipinski definition) is 1. The summed E-state index contributed by atoms with van der Waals surface area (Å²) in [5.74, 6) is 0. The van der Waals surface area contributed by atoms with Crippen LogP contribution < -0.4 is 0 Å². The van der Waals surface area contributed by atoms with Gasteiger partial charge in [-0.1, -0.05) is 108 Å². The summed E-state index contributed by atoms with van der Waals surface area (Å²) in [6.07, 6.45) is -10.2. The number of halogens is 6. The van der Waals surface area contributed by atoms with Crippen molar-refractivity contribution in [2.45, 2.75) is 40.0 Å². The SMILES string of the molecule is Cc1ccc(-c2ccc3c(c2)c2ccccc2n3-c2ccc(-c3ccc(C(F)(F)F)cc3C(F)(F)F)c(-c3cc(C#N)ccc3-n3c4ccccc4c4cc(-c5ccc(C)cc5C)ccc43)c2)c(C)c1. The van der Waals surface area contributed by atoms with Crippen LogP contribution in [0.1, 0.15) is 38.9 Å². The zero-order valence-electron chi connectivity index (χ0n) is 38.4. The average molecular weight is 930 g/mol. The maximum Gasteiger partial charge on any atom is 0.417 e. The zero-order valence-corrected chi connectivity index (χ0v) is 38.4. The lowest BCUT2D eigenvalue weighted by molar-refractivity contribution is -0.142. The van der Waals surface area contributed by atoms with Crippen molar-refractivity contribution in [3.8, 4) is 62.0 Å². The van der Waals surface area contributed by atoms with Gasteiger partial charge in [-0.25, -0.2) is 0 Å². The van der Waals surface area contributed by atoms with Crippen molar-refractivity contribution in [1.29, 1.82) is 5.26 Å². The third-order valence-corrected chi connectivity index (χ3v) is 13.6. The summed E-state index contributed by atoms with van der Waals surface area (Å²) >= 11 is 0. The second-order valence-electron chi connectivity index (χ2n) is 18.1. The number of rotatable bonds is 6. The van der Waals surface area contributed by atoms with Crippen LogP contribution in [0.15, 0.2) is 176 Å². The molecule has 70 heavy (non-hydrogen) atoms. The first-order chi connectivity index (χ1) is 33.6. The van der Waals surface area contributed by atoms with Crippen LogP contribution in [-0.2, 0) is 12.4 Å². The van der Waals surface area contributed by atoms with Crippen molar-refractivity contribution < 1.29 is 26.3 Å². The summed E-state index contributed by atoms with van der Waals surface area (Å²) in [5, 5.41) is 14.2. The first-order valence-electron chi connectivity index (χ1n) is 22.8. The number of benzene rings is 9. The molecule has 0 saturated heterocycles. The summed E-state index contributed by atoms with van der Waals surface area (Å²) in [6, 6.07) is 55.1. The smallest absolute Gasteiger partial charge is 0.309 e. The molecule has 3 nitrogen and oxygen atoms in total. The number of hydrogen-bond donors (Lipinski definition) is 0. The fourth-order valence-corrected chi connectivity index (χ4v) is 10.4. The zero-order chi connectivity index (χ0) is 48.8. The normalized spacial score (nSPS) is 12.1. The maximum absolute atomic E-state index is 15.2. The Bertz CT molecular complexity index is 3990. The third kappa shape index (κ3) is 7.39. The molecule has 0 aliphatic rings. The largest absolute Gasteiger partial charge is 0.417 e. The number of alkyl halides is 6. The molecule has 2 heterocycles. The Morgan fingerprint density at radius 3 is 1.49 bits per heavy atom. The van der Waals surface area contributed by atoms with E-state index in [4.69, 9.17) is 0 Å². The molecule has 0 N–H and O–H groups in total. The van der Waals surface area contributed by atoms with Gasteiger partial charge in [0.15, 0.2) is 0 Å². The lowest BCUT2D eigenvalue weighted by Crippen LogP contribution is -2.12. The second-order valence-corrected chi connectivity index (χ2v) is 18.1. The highest BCUT2D eigenvalue weighted by atomic mass is 19.4. The van der Waals surface area contributed by atoms with Crippen molar-refractivity contribution in [1.82, 2.24) is 9.13 Å². The minimum Gasteiger partial charge on any atom is -0.309 e. The predicted molar refractivity (Wildman–Crippen MR) is 271 cm³/mol. The summed E-state index contributed by atoms with van der Waals surface area (Å²) in [4.78, 5) is 0. The van der Waals surface area contributed by atoms with Crippen LogP contribution in [0.25, 0.3) is 99.5 Å². The summed E-state index contributed by atoms with van der Waals surface area (Å²) < 4.78 is 92.3. The Hall–Kier alpha value is -8.35. The second kappa shape index (κ2) is 16.4. The third-order valence-electron chi connectivity index (χ3n) is 13.6. The molecule has 0 amide bonds. The Morgan fingerprint density at radius 2 is 0.929 bits per heavy atom. The average Bonchev–Trinajstić information content (AvgIpc) is 3.85. The molecular formula is C61H41F6N3. The Morgan fingerprint density at radius 1 is 0.400 bits per heavy atom. The molecule has 0 unspecified atom stereocenters. The lowest BCUT2D eigenvalue weighted by Gasteiger charge is -2.22. The predicted octanol–water partition coefficient (Wildman–Crippen LogP) is 17.7. The van der Waals surface area contributed by atoms with E-state index in [-0.39, 0.29) is 22.8 Å². The molecule has 9 heteroatoms. The molecule has 0 atom stereocenters. The van der Waals surface area contributed by atoms with E-state index in [1.807, 2.05) is 60.7 Å². The molecule has 0 spiro atoms. The van der Waals surface area contributed by atoms with Crippen LogP contribution in [0.4, 0.5) is 26.3 Å². The van der Waals surface area contributed by atoms with Gasteiger partial charge in [0.1, 0.15) is 0 Å². The number of para-hydroxylation sites is 2. The lowest BCUT2D eigenvalue weighted by atomic mass is 9.88. The van der Waals surface area contributed by atoms with E-state index >= 15 is 13.2 Å². The molecule has 0 aliphatic carbocycles. The van der Waals surface area contributed by atoms with Gasteiger partial charge in [-0.3, -0.25) is 0 Å². The van der Waals surface area contributed by atoms with Crippen LogP contribution in [0, 0.1) is 39.0 Å². The van der Waals surface area contributed by atoms with Crippen LogP contribution in [0.3, 0.4) is 0 Å². The molecule has 0 fully saturated rings. The summed E-state index contributed by atoms with van der Waals surface area (Å²) in [6.45, 7) is 8.27. The van der Waals surface area contributed by atoms with Crippen molar-refractivity contribution in [2.24, 2.45) is 0 Å². The van der Waals surface area contributed by atoms with E-state index in [0.29, 0.717) is 23.0 Å². The van der Waals surface area contributed by atoms with Gasteiger partial charge < -0.3 is 9.13 Å². The molecule has 0 radical (unpaired) electrons. The van der Waals surface area contributed by atoms with Crippen LogP contribution >= 0.6 is 0 Å². The van der Waals surface area contributed by atoms with Gasteiger partial charge in [0.25, 0.3) is 0 Å². The Balaban J connectivity index is 1.21. The molecule has 0 aliphatic heterocycles. The van der Waals surface area contributed by atoms with Crippen molar-refractivity contribution >= 4 is 43.6 Å². The highest BCUT2D eigenvalue weighted by molar-refractivity contribution is 6.12. The number of aryl methyl sites for hydroxylation is 4. The fourth-order valence-electron chi connectivity index (χ4n) is 10.4. The molecule has 342 valence electrons. The van der Waals surface area contributed by atoms with E-state index in [1.165, 1.54) is 0 Å². The number of nitriles is 1. The molecule has 0 saturated carbocycles. The van der Waals surface area contributed by atoms with Gasteiger partial charge in [0, 0.05) is 32.8 Å². The molecule has 9 aromatic carbocycles. The minimum absolute atomic E-state index is 0.0388. The van der Waals surface area contributed by atoms with Crippen LogP contribution in [0.2, 0.25) is 0 Å². The first kappa shape index (κ1) is 44.2. The summed E-state index contributed by atoms with van der Waals surface area (Å²) in [5.41, 5.74) is 10.9. The highest BCUT2D eigenvalue weighted by Crippen LogP contribution is 2.47. The van der Waals surface area contributed by atoms with E-state index in [9.17, 15) is 18.4 Å². The quantitative estimate of drug-likeness (QED) is 0.153. The molecule has 11 aromatic rings. The highest BCUT2D eigenvalue weighted by Gasteiger charge is 2.39. The van der Waals surface area contributed by atoms with Crippen molar-refractivity contribution in [2.75, 3.05) is 0 Å². The van der Waals surface area contributed by atoms with Gasteiger partial charge in [0.05, 0.1) is 50.5 Å². The van der Waals surface area contributed by atoms with E-state index in [2.05, 4.69) is 104 Å². The van der Waals surface area contributed by atoms with Gasteiger partial charge in [-0.2, -0.15) is 31.6 Å². The van der Waals surface area contributed by atoms with Gasteiger partial charge in [-0.15, -0.1) is 0 Å². The molecule has 0 bridgehead atoms. The minimum atomic E-state index is -5.16. The maximum atomic E-state index is 15.2. The topological polar surface area (TPSA) is 33.6 Å². The monoisotopic (exact) mass is 929 g/mol. The van der Waals surface area contributed by atoms with Crippen molar-refractivity contribution in [3.05, 3.63) is 215 Å². The molecular weight excluding hydrogens is 889 g/mol. The van der Waals surface area contributed by atoms with Gasteiger partial charge >= 0.3 is 12.4 Å². The van der Waals surface area contributed by atoms with Gasteiger partial charge in [-0.05, 0) is 157 Å². The van der Waals surface area contributed by atoms with Crippen molar-refractivity contribution in [3.63, 3.8) is 0 Å². The number of fused-ring (bicyclic) bond motifs is 6. The number of aromatic nitrogens is 2. The standard InChI is InChI=1S/C61H41F6N3/c1-35-13-20-44(37(3)27-35)40-16-25-57-52(30-40)48-9-5-7-11-55(48)69(57)43-19-23-46(47-22-18-42(60(62,63)64)32-54(47)61(65,66)67)50(33-43)51-29-39(34-68)15-24-58(51)70-56-12-8-6-10-49(56)53-31-41(17-26-59(53)70)45-21-14-36(2)28-38(45)4/h5-33H,1-4H3. The molecule has 2 aromatic heterocycles. The van der Waals surface area contributed by atoms with Crippen LogP contribution in [0.5, 0.6) is 0 Å². The fraction of sp³-hybridized carbons (Fsp3) is 0.0984. The number of nitrogens with zero attached hydrogens (tertiary/aromatic N) is 3. The van der Waals surface area contributed by atoms with E-state index in [0.717, 1.165) is 94.2 Å². The van der Waals surface area contributed by atoms with E-state index < -0.39 is 29.0 Å². The van der Waals surface area contributed by atoms with Gasteiger partial charge in [0.2, 0.25) is 0 Å². The van der Waals surface area contributed by atoms with Crippen LogP contribution in [-0.4, -0.2) is 9.13 Å². The Labute approximate surface area is 399 Å². The molecule has 11 rings (SSSR count). The first-order valence-corrected chi connectivity index (χ1v) is 22.8.